The Labute approximate surface area is 105 Å². The minimum Gasteiger partial charge on any atom is -0.356 e. The zero-order valence-corrected chi connectivity index (χ0v) is 10.8. The molecule has 3 heteroatoms. The average molecular weight is 238 g/mol. The number of hydrogen-bond donors (Lipinski definition) is 2. The summed E-state index contributed by atoms with van der Waals surface area (Å²) in [7, 11) is 0. The Kier molecular flexibility index (Phi) is 5.30. The number of amides is 1. The first kappa shape index (κ1) is 12.9. The van der Waals surface area contributed by atoms with Gasteiger partial charge in [-0.05, 0) is 44.2 Å². The van der Waals surface area contributed by atoms with E-state index in [1.807, 2.05) is 0 Å². The molecule has 1 heterocycles. The van der Waals surface area contributed by atoms with Gasteiger partial charge in [0, 0.05) is 13.0 Å². The van der Waals surface area contributed by atoms with Crippen LogP contribution in [-0.2, 0) is 4.79 Å². The number of carbonyl (C=O) groups excluding carboxylic acids is 1. The smallest absolute Gasteiger partial charge is 0.220 e. The molecule has 2 rings (SSSR count). The molecule has 0 aromatic carbocycles. The van der Waals surface area contributed by atoms with Crippen molar-refractivity contribution in [3.8, 4) is 0 Å². The van der Waals surface area contributed by atoms with Gasteiger partial charge in [-0.1, -0.05) is 25.7 Å². The highest BCUT2D eigenvalue weighted by molar-refractivity contribution is 5.76. The van der Waals surface area contributed by atoms with Gasteiger partial charge in [0.25, 0.3) is 0 Å². The van der Waals surface area contributed by atoms with Crippen molar-refractivity contribution in [2.75, 3.05) is 19.6 Å². The van der Waals surface area contributed by atoms with E-state index in [2.05, 4.69) is 10.6 Å². The predicted octanol–water partition coefficient (Wildman–Crippen LogP) is 2.07. The van der Waals surface area contributed by atoms with E-state index in [4.69, 9.17) is 0 Å². The molecular formula is C14H26N2O. The summed E-state index contributed by atoms with van der Waals surface area (Å²) in [6, 6.07) is 0. The van der Waals surface area contributed by atoms with Gasteiger partial charge in [-0.3, -0.25) is 4.79 Å². The van der Waals surface area contributed by atoms with E-state index in [9.17, 15) is 4.79 Å². The van der Waals surface area contributed by atoms with Gasteiger partial charge in [0.05, 0.1) is 0 Å². The largest absolute Gasteiger partial charge is 0.356 e. The van der Waals surface area contributed by atoms with Gasteiger partial charge < -0.3 is 10.6 Å². The Bertz CT molecular complexity index is 230. The predicted molar refractivity (Wildman–Crippen MR) is 69.8 cm³/mol. The van der Waals surface area contributed by atoms with Crippen LogP contribution in [-0.4, -0.2) is 25.5 Å². The first-order chi connectivity index (χ1) is 8.34. The summed E-state index contributed by atoms with van der Waals surface area (Å²) >= 11 is 0. The molecular weight excluding hydrogens is 212 g/mol. The molecule has 2 N–H and O–H groups in total. The SMILES string of the molecule is O=C(CC1CCCNC1)NCCC1CCCC1. The topological polar surface area (TPSA) is 41.1 Å². The van der Waals surface area contributed by atoms with Crippen molar-refractivity contribution in [2.24, 2.45) is 11.8 Å². The van der Waals surface area contributed by atoms with Crippen LogP contribution >= 0.6 is 0 Å². The molecule has 0 spiro atoms. The fourth-order valence-corrected chi connectivity index (χ4v) is 3.15. The van der Waals surface area contributed by atoms with Gasteiger partial charge in [0.1, 0.15) is 0 Å². The third kappa shape index (κ3) is 4.66. The maximum absolute atomic E-state index is 11.7. The van der Waals surface area contributed by atoms with Crippen LogP contribution in [0.2, 0.25) is 0 Å². The van der Waals surface area contributed by atoms with Crippen LogP contribution in [0.3, 0.4) is 0 Å². The summed E-state index contributed by atoms with van der Waals surface area (Å²) in [4.78, 5) is 11.7. The Morgan fingerprint density at radius 1 is 1.12 bits per heavy atom. The summed E-state index contributed by atoms with van der Waals surface area (Å²) in [5.41, 5.74) is 0. The van der Waals surface area contributed by atoms with Crippen LogP contribution in [0.1, 0.15) is 51.4 Å². The van der Waals surface area contributed by atoms with Crippen molar-refractivity contribution in [3.05, 3.63) is 0 Å². The van der Waals surface area contributed by atoms with E-state index in [0.29, 0.717) is 5.92 Å². The number of piperidine rings is 1. The second-order valence-corrected chi connectivity index (χ2v) is 5.71. The molecule has 2 aliphatic rings. The van der Waals surface area contributed by atoms with Crippen LogP contribution in [0.25, 0.3) is 0 Å². The van der Waals surface area contributed by atoms with Crippen molar-refractivity contribution in [2.45, 2.75) is 51.4 Å². The Morgan fingerprint density at radius 2 is 1.88 bits per heavy atom. The zero-order valence-electron chi connectivity index (χ0n) is 10.8. The molecule has 17 heavy (non-hydrogen) atoms. The van der Waals surface area contributed by atoms with Crippen molar-refractivity contribution < 1.29 is 4.79 Å². The Balaban J connectivity index is 1.53. The highest BCUT2D eigenvalue weighted by Crippen LogP contribution is 2.26. The molecule has 0 aromatic rings. The lowest BCUT2D eigenvalue weighted by Gasteiger charge is -2.22. The molecule has 2 fully saturated rings. The molecule has 1 saturated heterocycles. The zero-order chi connectivity index (χ0) is 11.9. The number of rotatable bonds is 5. The van der Waals surface area contributed by atoms with Gasteiger partial charge in [0.2, 0.25) is 5.91 Å². The minimum absolute atomic E-state index is 0.261. The summed E-state index contributed by atoms with van der Waals surface area (Å²) < 4.78 is 0. The van der Waals surface area contributed by atoms with E-state index >= 15 is 0 Å². The number of carbonyl (C=O) groups is 1. The van der Waals surface area contributed by atoms with E-state index in [1.165, 1.54) is 44.9 Å². The molecule has 1 amide bonds. The highest BCUT2D eigenvalue weighted by Gasteiger charge is 2.17. The third-order valence-electron chi connectivity index (χ3n) is 4.22. The normalized spacial score (nSPS) is 26.0. The van der Waals surface area contributed by atoms with Gasteiger partial charge in [-0.25, -0.2) is 0 Å². The van der Waals surface area contributed by atoms with E-state index in [0.717, 1.165) is 32.0 Å². The van der Waals surface area contributed by atoms with E-state index in [1.54, 1.807) is 0 Å². The van der Waals surface area contributed by atoms with Crippen molar-refractivity contribution >= 4 is 5.91 Å². The van der Waals surface area contributed by atoms with E-state index in [-0.39, 0.29) is 5.91 Å². The molecule has 1 aliphatic heterocycles. The summed E-state index contributed by atoms with van der Waals surface area (Å²) in [5, 5.41) is 6.45. The lowest BCUT2D eigenvalue weighted by molar-refractivity contribution is -0.122. The average Bonchev–Trinajstić information content (AvgIpc) is 2.83. The monoisotopic (exact) mass is 238 g/mol. The number of nitrogens with one attached hydrogen (secondary N) is 2. The second-order valence-electron chi connectivity index (χ2n) is 5.71. The van der Waals surface area contributed by atoms with Crippen LogP contribution in [0.4, 0.5) is 0 Å². The maximum Gasteiger partial charge on any atom is 0.220 e. The van der Waals surface area contributed by atoms with Gasteiger partial charge in [-0.2, -0.15) is 0 Å². The first-order valence-electron chi connectivity index (χ1n) is 7.32. The van der Waals surface area contributed by atoms with Crippen LogP contribution in [0.5, 0.6) is 0 Å². The van der Waals surface area contributed by atoms with Crippen LogP contribution in [0.15, 0.2) is 0 Å². The lowest BCUT2D eigenvalue weighted by Crippen LogP contribution is -2.34. The van der Waals surface area contributed by atoms with Gasteiger partial charge >= 0.3 is 0 Å². The third-order valence-corrected chi connectivity index (χ3v) is 4.22. The van der Waals surface area contributed by atoms with Crippen molar-refractivity contribution in [1.82, 2.24) is 10.6 Å². The van der Waals surface area contributed by atoms with Crippen LogP contribution < -0.4 is 10.6 Å². The Morgan fingerprint density at radius 3 is 2.59 bits per heavy atom. The lowest BCUT2D eigenvalue weighted by atomic mass is 9.96. The van der Waals surface area contributed by atoms with Crippen LogP contribution in [0, 0.1) is 11.8 Å². The fourth-order valence-electron chi connectivity index (χ4n) is 3.15. The quantitative estimate of drug-likeness (QED) is 0.770. The first-order valence-corrected chi connectivity index (χ1v) is 7.32. The van der Waals surface area contributed by atoms with Crippen molar-refractivity contribution in [1.29, 1.82) is 0 Å². The number of hydrogen-bond acceptors (Lipinski definition) is 2. The molecule has 0 radical (unpaired) electrons. The van der Waals surface area contributed by atoms with Crippen molar-refractivity contribution in [3.63, 3.8) is 0 Å². The molecule has 3 nitrogen and oxygen atoms in total. The molecule has 98 valence electrons. The molecule has 1 aliphatic carbocycles. The Hall–Kier alpha value is -0.570. The summed E-state index contributed by atoms with van der Waals surface area (Å²) in [5.74, 6) is 1.71. The maximum atomic E-state index is 11.7. The molecule has 1 unspecified atom stereocenters. The van der Waals surface area contributed by atoms with Gasteiger partial charge in [0.15, 0.2) is 0 Å². The fraction of sp³-hybridized carbons (Fsp3) is 0.929. The van der Waals surface area contributed by atoms with Gasteiger partial charge in [-0.15, -0.1) is 0 Å². The minimum atomic E-state index is 0.261. The molecule has 1 saturated carbocycles. The standard InChI is InChI=1S/C14H26N2O/c17-14(10-13-6-3-8-15-11-13)16-9-7-12-4-1-2-5-12/h12-13,15H,1-11H2,(H,16,17). The molecule has 0 bridgehead atoms. The van der Waals surface area contributed by atoms with E-state index < -0.39 is 0 Å². The summed E-state index contributed by atoms with van der Waals surface area (Å²) in [6.45, 7) is 3.04. The highest BCUT2D eigenvalue weighted by atomic mass is 16.1. The molecule has 0 aromatic heterocycles. The second kappa shape index (κ2) is 7.00. The molecule has 1 atom stereocenters. The summed E-state index contributed by atoms with van der Waals surface area (Å²) in [6.07, 6.45) is 9.89.